The van der Waals surface area contributed by atoms with Crippen molar-refractivity contribution in [3.05, 3.63) is 0 Å². The van der Waals surface area contributed by atoms with Gasteiger partial charge in [-0.1, -0.05) is 33.1 Å². The van der Waals surface area contributed by atoms with Gasteiger partial charge >= 0.3 is 0 Å². The average Bonchev–Trinajstić information content (AvgIpc) is 2.35. The maximum atomic E-state index is 5.69. The van der Waals surface area contributed by atoms with E-state index in [9.17, 15) is 0 Å². The summed E-state index contributed by atoms with van der Waals surface area (Å²) >= 11 is 2.04. The van der Waals surface area contributed by atoms with Crippen molar-refractivity contribution in [1.82, 2.24) is 5.43 Å². The number of hydrogen-bond acceptors (Lipinski definition) is 3. The second-order valence-corrected chi connectivity index (χ2v) is 6.19. The van der Waals surface area contributed by atoms with Crippen LogP contribution in [-0.4, -0.2) is 17.5 Å². The third kappa shape index (κ3) is 4.64. The summed E-state index contributed by atoms with van der Waals surface area (Å²) in [5, 5.41) is 0. The Kier molecular flexibility index (Phi) is 7.50. The van der Waals surface area contributed by atoms with Crippen LogP contribution in [0.25, 0.3) is 0 Å². The number of rotatable bonds is 7. The zero-order valence-electron chi connectivity index (χ0n) is 10.9. The standard InChI is InChI=1S/C13H28N2S/c1-3-9-16-10-13(15-14)12-7-5-11(4-2)6-8-12/h11-13,15H,3-10,14H2,1-2H3. The summed E-state index contributed by atoms with van der Waals surface area (Å²) in [6.07, 6.45) is 8.21. The van der Waals surface area contributed by atoms with Crippen LogP contribution in [0, 0.1) is 11.8 Å². The van der Waals surface area contributed by atoms with Crippen molar-refractivity contribution in [1.29, 1.82) is 0 Å². The van der Waals surface area contributed by atoms with Gasteiger partial charge in [0, 0.05) is 11.8 Å². The monoisotopic (exact) mass is 244 g/mol. The highest BCUT2D eigenvalue weighted by Crippen LogP contribution is 2.33. The summed E-state index contributed by atoms with van der Waals surface area (Å²) in [5.74, 6) is 9.94. The highest BCUT2D eigenvalue weighted by molar-refractivity contribution is 7.99. The average molecular weight is 244 g/mol. The van der Waals surface area contributed by atoms with Crippen LogP contribution < -0.4 is 11.3 Å². The normalized spacial score (nSPS) is 27.9. The number of thioether (sulfide) groups is 1. The molecule has 0 aromatic carbocycles. The zero-order valence-corrected chi connectivity index (χ0v) is 11.7. The first-order valence-electron chi connectivity index (χ1n) is 6.85. The molecule has 0 saturated heterocycles. The first-order chi connectivity index (χ1) is 7.81. The van der Waals surface area contributed by atoms with Crippen LogP contribution >= 0.6 is 11.8 Å². The first kappa shape index (κ1) is 14.3. The predicted octanol–water partition coefficient (Wildman–Crippen LogP) is 3.18. The van der Waals surface area contributed by atoms with Crippen molar-refractivity contribution in [2.24, 2.45) is 17.7 Å². The Labute approximate surface area is 105 Å². The third-order valence-electron chi connectivity index (χ3n) is 3.90. The molecule has 96 valence electrons. The van der Waals surface area contributed by atoms with Gasteiger partial charge in [-0.15, -0.1) is 0 Å². The molecule has 1 saturated carbocycles. The van der Waals surface area contributed by atoms with E-state index in [-0.39, 0.29) is 0 Å². The van der Waals surface area contributed by atoms with Crippen LogP contribution in [-0.2, 0) is 0 Å². The van der Waals surface area contributed by atoms with Gasteiger partial charge in [0.15, 0.2) is 0 Å². The molecule has 2 nitrogen and oxygen atoms in total. The minimum Gasteiger partial charge on any atom is -0.271 e. The summed E-state index contributed by atoms with van der Waals surface area (Å²) in [4.78, 5) is 0. The van der Waals surface area contributed by atoms with E-state index in [4.69, 9.17) is 5.84 Å². The summed E-state index contributed by atoms with van der Waals surface area (Å²) in [7, 11) is 0. The van der Waals surface area contributed by atoms with Crippen LogP contribution in [0.5, 0.6) is 0 Å². The molecule has 0 spiro atoms. The molecule has 1 atom stereocenters. The molecule has 0 amide bonds. The molecular formula is C13H28N2S. The second-order valence-electron chi connectivity index (χ2n) is 5.04. The van der Waals surface area contributed by atoms with Crippen LogP contribution in [0.2, 0.25) is 0 Å². The van der Waals surface area contributed by atoms with Crippen molar-refractivity contribution < 1.29 is 0 Å². The van der Waals surface area contributed by atoms with Crippen molar-refractivity contribution in [2.45, 2.75) is 58.4 Å². The highest BCUT2D eigenvalue weighted by Gasteiger charge is 2.26. The molecule has 0 aliphatic heterocycles. The van der Waals surface area contributed by atoms with Crippen molar-refractivity contribution in [3.63, 3.8) is 0 Å². The lowest BCUT2D eigenvalue weighted by Crippen LogP contribution is -2.44. The molecule has 0 bridgehead atoms. The van der Waals surface area contributed by atoms with Crippen molar-refractivity contribution in [3.8, 4) is 0 Å². The molecule has 0 aromatic heterocycles. The van der Waals surface area contributed by atoms with Gasteiger partial charge in [0.1, 0.15) is 0 Å². The van der Waals surface area contributed by atoms with Gasteiger partial charge < -0.3 is 0 Å². The Morgan fingerprint density at radius 1 is 1.25 bits per heavy atom. The predicted molar refractivity (Wildman–Crippen MR) is 74.5 cm³/mol. The van der Waals surface area contributed by atoms with Crippen molar-refractivity contribution >= 4 is 11.8 Å². The molecule has 1 fully saturated rings. The molecule has 1 unspecified atom stereocenters. The number of nitrogens with two attached hydrogens (primary N) is 1. The van der Waals surface area contributed by atoms with Crippen LogP contribution in [0.3, 0.4) is 0 Å². The molecular weight excluding hydrogens is 216 g/mol. The fraction of sp³-hybridized carbons (Fsp3) is 1.00. The number of hydrogen-bond donors (Lipinski definition) is 2. The Morgan fingerprint density at radius 2 is 1.94 bits per heavy atom. The lowest BCUT2D eigenvalue weighted by molar-refractivity contribution is 0.228. The van der Waals surface area contributed by atoms with E-state index >= 15 is 0 Å². The molecule has 16 heavy (non-hydrogen) atoms. The van der Waals surface area contributed by atoms with Gasteiger partial charge in [0.2, 0.25) is 0 Å². The van der Waals surface area contributed by atoms with E-state index in [1.165, 1.54) is 50.0 Å². The fourth-order valence-corrected chi connectivity index (χ4v) is 3.75. The molecule has 0 aromatic rings. The Bertz CT molecular complexity index is 165. The van der Waals surface area contributed by atoms with Gasteiger partial charge in [0.25, 0.3) is 0 Å². The largest absolute Gasteiger partial charge is 0.271 e. The van der Waals surface area contributed by atoms with Gasteiger partial charge in [-0.05, 0) is 36.9 Å². The van der Waals surface area contributed by atoms with Crippen LogP contribution in [0.15, 0.2) is 0 Å². The summed E-state index contributed by atoms with van der Waals surface area (Å²) in [6.45, 7) is 4.56. The van der Waals surface area contributed by atoms with E-state index in [2.05, 4.69) is 19.3 Å². The smallest absolute Gasteiger partial charge is 0.0329 e. The number of hydrazine groups is 1. The fourth-order valence-electron chi connectivity index (χ4n) is 2.67. The van der Waals surface area contributed by atoms with Gasteiger partial charge in [-0.2, -0.15) is 11.8 Å². The second kappa shape index (κ2) is 8.37. The molecule has 1 aliphatic carbocycles. The SMILES string of the molecule is CCCSCC(NN)C1CCC(CC)CC1. The van der Waals surface area contributed by atoms with Crippen LogP contribution in [0.4, 0.5) is 0 Å². The van der Waals surface area contributed by atoms with E-state index in [0.29, 0.717) is 6.04 Å². The lowest BCUT2D eigenvalue weighted by atomic mass is 9.78. The molecule has 0 heterocycles. The topological polar surface area (TPSA) is 38.0 Å². The van der Waals surface area contributed by atoms with E-state index in [1.54, 1.807) is 0 Å². The Balaban J connectivity index is 2.25. The van der Waals surface area contributed by atoms with E-state index < -0.39 is 0 Å². The highest BCUT2D eigenvalue weighted by atomic mass is 32.2. The molecule has 0 radical (unpaired) electrons. The van der Waals surface area contributed by atoms with Gasteiger partial charge in [-0.25, -0.2) is 0 Å². The minimum atomic E-state index is 0.536. The zero-order chi connectivity index (χ0) is 11.8. The summed E-state index contributed by atoms with van der Waals surface area (Å²) in [6, 6.07) is 0.536. The Morgan fingerprint density at radius 3 is 2.44 bits per heavy atom. The summed E-state index contributed by atoms with van der Waals surface area (Å²) < 4.78 is 0. The quantitative estimate of drug-likeness (QED) is 0.410. The van der Waals surface area contributed by atoms with Gasteiger partial charge in [0.05, 0.1) is 0 Å². The maximum absolute atomic E-state index is 5.69. The molecule has 1 rings (SSSR count). The molecule has 3 heteroatoms. The lowest BCUT2D eigenvalue weighted by Gasteiger charge is -2.33. The number of nitrogens with one attached hydrogen (secondary N) is 1. The van der Waals surface area contributed by atoms with Gasteiger partial charge in [-0.3, -0.25) is 11.3 Å². The van der Waals surface area contributed by atoms with Crippen molar-refractivity contribution in [2.75, 3.05) is 11.5 Å². The van der Waals surface area contributed by atoms with E-state index in [1.807, 2.05) is 11.8 Å². The first-order valence-corrected chi connectivity index (χ1v) is 8.01. The minimum absolute atomic E-state index is 0.536. The third-order valence-corrected chi connectivity index (χ3v) is 5.19. The van der Waals surface area contributed by atoms with E-state index in [0.717, 1.165) is 11.8 Å². The van der Waals surface area contributed by atoms with Crippen LogP contribution in [0.1, 0.15) is 52.4 Å². The summed E-state index contributed by atoms with van der Waals surface area (Å²) in [5.41, 5.74) is 3.04. The molecule has 1 aliphatic rings. The molecule has 3 N–H and O–H groups in total. The Hall–Kier alpha value is 0.270. The maximum Gasteiger partial charge on any atom is 0.0329 e.